The van der Waals surface area contributed by atoms with E-state index in [1.54, 1.807) is 27.7 Å². The summed E-state index contributed by atoms with van der Waals surface area (Å²) in [5.41, 5.74) is 5.66. The normalized spacial score (nSPS) is 16.5. The van der Waals surface area contributed by atoms with Crippen LogP contribution in [0.3, 0.4) is 0 Å². The lowest BCUT2D eigenvalue weighted by atomic mass is 9.99. The Bertz CT molecular complexity index is 400. The van der Waals surface area contributed by atoms with E-state index in [9.17, 15) is 19.5 Å². The van der Waals surface area contributed by atoms with E-state index in [2.05, 4.69) is 10.6 Å². The van der Waals surface area contributed by atoms with Gasteiger partial charge < -0.3 is 26.6 Å². The van der Waals surface area contributed by atoms with Crippen molar-refractivity contribution < 1.29 is 24.6 Å². The Morgan fingerprint density at radius 1 is 1.09 bits per heavy atom. The molecule has 128 valence electrons. The maximum atomic E-state index is 12.0. The predicted octanol–water partition coefficient (Wildman–Crippen LogP) is -0.938. The highest BCUT2D eigenvalue weighted by atomic mass is 16.4. The maximum Gasteiger partial charge on any atom is 0.326 e. The number of aliphatic hydroxyl groups excluding tert-OH is 1. The largest absolute Gasteiger partial charge is 0.480 e. The fraction of sp³-hybridized carbons (Fsp3) is 0.786. The van der Waals surface area contributed by atoms with Gasteiger partial charge in [0.15, 0.2) is 0 Å². The second-order valence-electron chi connectivity index (χ2n) is 5.72. The van der Waals surface area contributed by atoms with E-state index in [0.29, 0.717) is 6.42 Å². The third kappa shape index (κ3) is 5.98. The number of aliphatic hydroxyl groups is 1. The molecule has 0 aromatic carbocycles. The molecule has 0 saturated carbocycles. The summed E-state index contributed by atoms with van der Waals surface area (Å²) in [7, 11) is 0. The van der Waals surface area contributed by atoms with Crippen molar-refractivity contribution in [3.05, 3.63) is 0 Å². The van der Waals surface area contributed by atoms with Crippen LogP contribution in [-0.2, 0) is 14.4 Å². The van der Waals surface area contributed by atoms with E-state index in [4.69, 9.17) is 10.8 Å². The summed E-state index contributed by atoms with van der Waals surface area (Å²) >= 11 is 0. The summed E-state index contributed by atoms with van der Waals surface area (Å²) in [4.78, 5) is 35.1. The van der Waals surface area contributed by atoms with Gasteiger partial charge >= 0.3 is 5.97 Å². The Labute approximate surface area is 130 Å². The van der Waals surface area contributed by atoms with Crippen LogP contribution < -0.4 is 16.4 Å². The molecule has 22 heavy (non-hydrogen) atoms. The van der Waals surface area contributed by atoms with Crippen LogP contribution in [0.25, 0.3) is 0 Å². The molecule has 0 saturated heterocycles. The number of carboxylic acid groups (broad SMARTS) is 1. The molecule has 0 fully saturated rings. The lowest BCUT2D eigenvalue weighted by Crippen LogP contribution is -2.57. The molecule has 8 heteroatoms. The van der Waals surface area contributed by atoms with Gasteiger partial charge in [-0.3, -0.25) is 9.59 Å². The lowest BCUT2D eigenvalue weighted by molar-refractivity contribution is -0.144. The number of amides is 2. The molecule has 0 rings (SSSR count). The summed E-state index contributed by atoms with van der Waals surface area (Å²) in [6, 6.07) is -3.13. The fourth-order valence-electron chi connectivity index (χ4n) is 1.70. The van der Waals surface area contributed by atoms with Crippen LogP contribution in [0.4, 0.5) is 0 Å². The van der Waals surface area contributed by atoms with Crippen molar-refractivity contribution in [1.82, 2.24) is 10.6 Å². The van der Waals surface area contributed by atoms with Crippen LogP contribution in [0.15, 0.2) is 0 Å². The second kappa shape index (κ2) is 9.37. The number of hydrogen-bond acceptors (Lipinski definition) is 5. The van der Waals surface area contributed by atoms with Gasteiger partial charge in [0.25, 0.3) is 0 Å². The summed E-state index contributed by atoms with van der Waals surface area (Å²) < 4.78 is 0. The van der Waals surface area contributed by atoms with E-state index in [0.717, 1.165) is 0 Å². The Morgan fingerprint density at radius 3 is 2.00 bits per heavy atom. The van der Waals surface area contributed by atoms with E-state index < -0.39 is 42.5 Å². The molecule has 8 nitrogen and oxygen atoms in total. The molecule has 0 aliphatic rings. The van der Waals surface area contributed by atoms with Crippen LogP contribution in [0.2, 0.25) is 0 Å². The number of nitrogens with two attached hydrogens (primary N) is 1. The smallest absolute Gasteiger partial charge is 0.326 e. The molecule has 0 aliphatic heterocycles. The molecule has 6 N–H and O–H groups in total. The Morgan fingerprint density at radius 2 is 1.64 bits per heavy atom. The third-order valence-electron chi connectivity index (χ3n) is 3.61. The van der Waals surface area contributed by atoms with E-state index in [1.165, 1.54) is 0 Å². The minimum atomic E-state index is -1.23. The molecule has 0 spiro atoms. The van der Waals surface area contributed by atoms with Gasteiger partial charge in [-0.15, -0.1) is 0 Å². The summed E-state index contributed by atoms with van der Waals surface area (Å²) in [5, 5.41) is 23.1. The van der Waals surface area contributed by atoms with Crippen LogP contribution in [-0.4, -0.2) is 52.7 Å². The van der Waals surface area contributed by atoms with Gasteiger partial charge in [0.05, 0.1) is 12.6 Å². The van der Waals surface area contributed by atoms with Gasteiger partial charge in [-0.05, 0) is 11.8 Å². The zero-order chi connectivity index (χ0) is 17.4. The first-order chi connectivity index (χ1) is 10.1. The zero-order valence-electron chi connectivity index (χ0n) is 13.5. The van der Waals surface area contributed by atoms with Crippen LogP contribution in [0.1, 0.15) is 34.1 Å². The zero-order valence-corrected chi connectivity index (χ0v) is 13.5. The van der Waals surface area contributed by atoms with Gasteiger partial charge in [0, 0.05) is 0 Å². The predicted molar refractivity (Wildman–Crippen MR) is 80.9 cm³/mol. The molecule has 2 amide bonds. The van der Waals surface area contributed by atoms with Gasteiger partial charge in [0.2, 0.25) is 11.8 Å². The van der Waals surface area contributed by atoms with Gasteiger partial charge in [-0.1, -0.05) is 34.1 Å². The molecule has 0 aliphatic carbocycles. The first-order valence-electron chi connectivity index (χ1n) is 7.35. The number of hydrogen-bond donors (Lipinski definition) is 5. The van der Waals surface area contributed by atoms with E-state index in [-0.39, 0.29) is 11.8 Å². The molecule has 0 radical (unpaired) electrons. The van der Waals surface area contributed by atoms with Crippen LogP contribution >= 0.6 is 0 Å². The molecule has 0 bridgehead atoms. The number of nitrogens with one attached hydrogen (secondary N) is 2. The number of carbonyl (C=O) groups excluding carboxylic acids is 2. The molecule has 0 aromatic heterocycles. The minimum absolute atomic E-state index is 0.130. The minimum Gasteiger partial charge on any atom is -0.480 e. The molecule has 0 aromatic rings. The van der Waals surface area contributed by atoms with Crippen molar-refractivity contribution in [2.45, 2.75) is 52.2 Å². The highest BCUT2D eigenvalue weighted by Crippen LogP contribution is 2.08. The Hall–Kier alpha value is -1.67. The molecule has 0 unspecified atom stereocenters. The van der Waals surface area contributed by atoms with Gasteiger partial charge in [-0.2, -0.15) is 0 Å². The Kier molecular flexibility index (Phi) is 8.66. The summed E-state index contributed by atoms with van der Waals surface area (Å²) in [6.07, 6.45) is 0.561. The van der Waals surface area contributed by atoms with Gasteiger partial charge in [0.1, 0.15) is 12.1 Å². The highest BCUT2D eigenvalue weighted by molar-refractivity contribution is 5.91. The first-order valence-corrected chi connectivity index (χ1v) is 7.35. The lowest BCUT2D eigenvalue weighted by Gasteiger charge is -2.24. The van der Waals surface area contributed by atoms with E-state index >= 15 is 0 Å². The summed E-state index contributed by atoms with van der Waals surface area (Å²) in [6.45, 7) is 6.36. The van der Waals surface area contributed by atoms with Crippen molar-refractivity contribution in [2.24, 2.45) is 17.6 Å². The van der Waals surface area contributed by atoms with Crippen LogP contribution in [0.5, 0.6) is 0 Å². The molecule has 0 heterocycles. The Balaban J connectivity index is 4.84. The van der Waals surface area contributed by atoms with Crippen molar-refractivity contribution >= 4 is 17.8 Å². The average Bonchev–Trinajstić information content (AvgIpc) is 2.47. The van der Waals surface area contributed by atoms with Crippen molar-refractivity contribution in [3.8, 4) is 0 Å². The fourth-order valence-corrected chi connectivity index (χ4v) is 1.70. The molecular formula is C14H27N3O5. The number of rotatable bonds is 9. The highest BCUT2D eigenvalue weighted by Gasteiger charge is 2.30. The molecular weight excluding hydrogens is 290 g/mol. The number of carbonyl (C=O) groups is 3. The van der Waals surface area contributed by atoms with Crippen molar-refractivity contribution in [2.75, 3.05) is 6.61 Å². The third-order valence-corrected chi connectivity index (χ3v) is 3.61. The topological polar surface area (TPSA) is 142 Å². The van der Waals surface area contributed by atoms with Crippen molar-refractivity contribution in [3.63, 3.8) is 0 Å². The number of carboxylic acids is 1. The SMILES string of the molecule is CC[C@H](C)[C@H](NC(=O)[C@H](CO)NC(=O)[C@@H](N)C(C)C)C(=O)O. The van der Waals surface area contributed by atoms with Crippen LogP contribution in [0, 0.1) is 11.8 Å². The standard InChI is InChI=1S/C14H27N3O5/c1-5-8(4)11(14(21)22)17-12(19)9(6-18)16-13(20)10(15)7(2)3/h7-11,18H,5-6,15H2,1-4H3,(H,16,20)(H,17,19)(H,21,22)/t8-,9-,10-,11-/m0/s1. The number of aliphatic carboxylic acids is 1. The summed E-state index contributed by atoms with van der Waals surface area (Å²) in [5.74, 6) is -2.90. The quantitative estimate of drug-likeness (QED) is 0.372. The van der Waals surface area contributed by atoms with Gasteiger partial charge in [-0.25, -0.2) is 4.79 Å². The maximum absolute atomic E-state index is 12.0. The molecule has 4 atom stereocenters. The average molecular weight is 317 g/mol. The van der Waals surface area contributed by atoms with E-state index in [1.807, 2.05) is 0 Å². The van der Waals surface area contributed by atoms with Crippen molar-refractivity contribution in [1.29, 1.82) is 0 Å². The monoisotopic (exact) mass is 317 g/mol. The second-order valence-corrected chi connectivity index (χ2v) is 5.72. The first kappa shape index (κ1) is 20.3.